The zero-order valence-corrected chi connectivity index (χ0v) is 32.5. The minimum Gasteiger partial charge on any atom is -0.456 e. The monoisotopic (exact) mass is 757 g/mol. The lowest BCUT2D eigenvalue weighted by atomic mass is 10.0. The first-order valence-corrected chi connectivity index (χ1v) is 21.6. The Morgan fingerprint density at radius 3 is 1.45 bits per heavy atom. The Bertz CT molecular complexity index is 3190. The summed E-state index contributed by atoms with van der Waals surface area (Å²) < 4.78 is 6.38. The van der Waals surface area contributed by atoms with Crippen LogP contribution in [-0.2, 0) is 0 Å². The zero-order valence-electron chi connectivity index (χ0n) is 31.5. The van der Waals surface area contributed by atoms with E-state index in [4.69, 9.17) is 19.4 Å². The number of furan rings is 1. The number of hydrogen-bond acceptors (Lipinski definition) is 4. The van der Waals surface area contributed by atoms with E-state index in [2.05, 4.69) is 206 Å². The standard InChI is InChI=1S/C53H35N3OSi/c1-4-19-42(20-5-1)58(43-21-6-2-7-22-43,44-23-8-3-9-24-44)45-25-14-18-39(34-45)51-54-52(40-28-27-36-15-10-11-17-38(36)33-40)56-53(55-51)41-30-31-48-47(35-41)50-46-26-13-12-16-37(46)29-32-49(50)57-48/h1-35H. The molecule has 2 heterocycles. The highest BCUT2D eigenvalue weighted by Gasteiger charge is 2.41. The molecule has 272 valence electrons. The van der Waals surface area contributed by atoms with E-state index in [0.29, 0.717) is 17.5 Å². The second-order valence-corrected chi connectivity index (χ2v) is 18.6. The van der Waals surface area contributed by atoms with Crippen LogP contribution in [0.1, 0.15) is 0 Å². The van der Waals surface area contributed by atoms with Crippen LogP contribution in [0.4, 0.5) is 0 Å². The molecule has 0 unspecified atom stereocenters. The van der Waals surface area contributed by atoms with E-state index in [1.165, 1.54) is 31.5 Å². The fourth-order valence-electron chi connectivity index (χ4n) is 8.73. The first-order valence-electron chi connectivity index (χ1n) is 19.6. The maximum absolute atomic E-state index is 6.38. The first-order chi connectivity index (χ1) is 28.7. The van der Waals surface area contributed by atoms with Crippen molar-refractivity contribution in [3.05, 3.63) is 212 Å². The molecule has 0 spiro atoms. The molecule has 9 aromatic carbocycles. The van der Waals surface area contributed by atoms with E-state index in [1.807, 2.05) is 6.07 Å². The highest BCUT2D eigenvalue weighted by atomic mass is 28.3. The van der Waals surface area contributed by atoms with Crippen LogP contribution < -0.4 is 20.7 Å². The molecule has 0 aliphatic heterocycles. The van der Waals surface area contributed by atoms with Crippen LogP contribution >= 0.6 is 0 Å². The van der Waals surface area contributed by atoms with Crippen molar-refractivity contribution >= 4 is 72.3 Å². The van der Waals surface area contributed by atoms with Gasteiger partial charge in [0.2, 0.25) is 0 Å². The van der Waals surface area contributed by atoms with Crippen LogP contribution in [0.2, 0.25) is 0 Å². The molecular formula is C53H35N3OSi. The summed E-state index contributed by atoms with van der Waals surface area (Å²) in [4.78, 5) is 15.8. The molecule has 58 heavy (non-hydrogen) atoms. The Labute approximate surface area is 336 Å². The summed E-state index contributed by atoms with van der Waals surface area (Å²) in [5.41, 5.74) is 4.45. The molecule has 2 aromatic heterocycles. The molecule has 0 fully saturated rings. The van der Waals surface area contributed by atoms with E-state index in [0.717, 1.165) is 49.4 Å². The zero-order chi connectivity index (χ0) is 38.5. The van der Waals surface area contributed by atoms with Crippen molar-refractivity contribution in [3.63, 3.8) is 0 Å². The molecule has 4 nitrogen and oxygen atoms in total. The molecule has 0 atom stereocenters. The second-order valence-electron chi connectivity index (χ2n) is 14.8. The third-order valence-corrected chi connectivity index (χ3v) is 16.2. The molecule has 11 rings (SSSR count). The van der Waals surface area contributed by atoms with Gasteiger partial charge in [0.1, 0.15) is 11.2 Å². The molecule has 0 saturated carbocycles. The molecule has 0 amide bonds. The minimum atomic E-state index is -2.80. The van der Waals surface area contributed by atoms with E-state index in [1.54, 1.807) is 0 Å². The Morgan fingerprint density at radius 2 is 0.793 bits per heavy atom. The number of fused-ring (bicyclic) bond motifs is 6. The molecule has 0 aliphatic carbocycles. The fraction of sp³-hybridized carbons (Fsp3) is 0. The van der Waals surface area contributed by atoms with Gasteiger partial charge in [0, 0.05) is 27.5 Å². The van der Waals surface area contributed by atoms with Crippen LogP contribution in [0.3, 0.4) is 0 Å². The molecule has 0 radical (unpaired) electrons. The van der Waals surface area contributed by atoms with Crippen molar-refractivity contribution in [2.75, 3.05) is 0 Å². The van der Waals surface area contributed by atoms with Crippen LogP contribution in [0.25, 0.3) is 77.6 Å². The normalized spacial score (nSPS) is 11.8. The van der Waals surface area contributed by atoms with Gasteiger partial charge in [-0.05, 0) is 72.6 Å². The van der Waals surface area contributed by atoms with Crippen molar-refractivity contribution < 1.29 is 4.42 Å². The molecule has 0 aliphatic rings. The first kappa shape index (κ1) is 33.8. The second kappa shape index (κ2) is 13.9. The Kier molecular flexibility index (Phi) is 8.12. The van der Waals surface area contributed by atoms with Gasteiger partial charge in [-0.1, -0.05) is 182 Å². The number of aromatic nitrogens is 3. The molecule has 0 saturated heterocycles. The number of benzene rings is 9. The maximum atomic E-state index is 6.38. The SMILES string of the molecule is c1ccc([Si](c2ccccc2)(c2ccccc2)c2cccc(-c3nc(-c4ccc5ccccc5c4)nc(-c4ccc5oc6ccc7ccccc7c6c5c4)n3)c2)cc1. The lowest BCUT2D eigenvalue weighted by Crippen LogP contribution is -2.74. The van der Waals surface area contributed by atoms with Gasteiger partial charge in [-0.25, -0.2) is 15.0 Å². The van der Waals surface area contributed by atoms with Crippen molar-refractivity contribution in [1.29, 1.82) is 0 Å². The van der Waals surface area contributed by atoms with Crippen molar-refractivity contribution in [2.24, 2.45) is 0 Å². The largest absolute Gasteiger partial charge is 0.456 e. The summed E-state index contributed by atoms with van der Waals surface area (Å²) in [6.45, 7) is 0. The van der Waals surface area contributed by atoms with Gasteiger partial charge >= 0.3 is 0 Å². The van der Waals surface area contributed by atoms with E-state index in [-0.39, 0.29) is 0 Å². The summed E-state index contributed by atoms with van der Waals surface area (Å²) in [6.07, 6.45) is 0. The van der Waals surface area contributed by atoms with Crippen LogP contribution in [0, 0.1) is 0 Å². The van der Waals surface area contributed by atoms with Crippen LogP contribution in [0.15, 0.2) is 217 Å². The Hall–Kier alpha value is -7.47. The summed E-state index contributed by atoms with van der Waals surface area (Å²) in [6, 6.07) is 75.6. The smallest absolute Gasteiger partial charge is 0.179 e. The summed E-state index contributed by atoms with van der Waals surface area (Å²) >= 11 is 0. The lowest BCUT2D eigenvalue weighted by molar-refractivity contribution is 0.669. The number of hydrogen-bond donors (Lipinski definition) is 0. The van der Waals surface area contributed by atoms with E-state index in [9.17, 15) is 0 Å². The summed E-state index contributed by atoms with van der Waals surface area (Å²) in [5.74, 6) is 1.85. The Balaban J connectivity index is 1.15. The van der Waals surface area contributed by atoms with Crippen molar-refractivity contribution in [2.45, 2.75) is 0 Å². The van der Waals surface area contributed by atoms with Gasteiger partial charge in [0.15, 0.2) is 25.5 Å². The van der Waals surface area contributed by atoms with Gasteiger partial charge < -0.3 is 4.42 Å². The third-order valence-electron chi connectivity index (χ3n) is 11.4. The molecule has 5 heteroatoms. The predicted molar refractivity (Wildman–Crippen MR) is 242 cm³/mol. The maximum Gasteiger partial charge on any atom is 0.179 e. The average Bonchev–Trinajstić information content (AvgIpc) is 3.69. The lowest BCUT2D eigenvalue weighted by Gasteiger charge is -2.34. The average molecular weight is 758 g/mol. The fourth-order valence-corrected chi connectivity index (χ4v) is 13.5. The molecule has 0 N–H and O–H groups in total. The quantitative estimate of drug-likeness (QED) is 0.120. The van der Waals surface area contributed by atoms with Crippen LogP contribution in [-0.4, -0.2) is 23.0 Å². The molecule has 0 bridgehead atoms. The topological polar surface area (TPSA) is 51.8 Å². The van der Waals surface area contributed by atoms with Gasteiger partial charge in [-0.2, -0.15) is 0 Å². The van der Waals surface area contributed by atoms with E-state index < -0.39 is 8.07 Å². The molecule has 11 aromatic rings. The minimum absolute atomic E-state index is 0.604. The van der Waals surface area contributed by atoms with Gasteiger partial charge in [-0.15, -0.1) is 0 Å². The third kappa shape index (κ3) is 5.63. The van der Waals surface area contributed by atoms with E-state index >= 15 is 0 Å². The van der Waals surface area contributed by atoms with Gasteiger partial charge in [-0.3, -0.25) is 0 Å². The van der Waals surface area contributed by atoms with Gasteiger partial charge in [0.05, 0.1) is 0 Å². The highest BCUT2D eigenvalue weighted by molar-refractivity contribution is 7.19. The number of rotatable bonds is 7. The van der Waals surface area contributed by atoms with Crippen LogP contribution in [0.5, 0.6) is 0 Å². The number of nitrogens with zero attached hydrogens (tertiary/aromatic N) is 3. The summed E-state index contributed by atoms with van der Waals surface area (Å²) in [7, 11) is -2.80. The predicted octanol–water partition coefficient (Wildman–Crippen LogP) is 10.5. The summed E-state index contributed by atoms with van der Waals surface area (Å²) in [5, 5.41) is 11.9. The van der Waals surface area contributed by atoms with Crippen molar-refractivity contribution in [3.8, 4) is 34.2 Å². The Morgan fingerprint density at radius 1 is 0.310 bits per heavy atom. The van der Waals surface area contributed by atoms with Crippen molar-refractivity contribution in [1.82, 2.24) is 15.0 Å². The molecular weight excluding hydrogens is 723 g/mol. The van der Waals surface area contributed by atoms with Gasteiger partial charge in [0.25, 0.3) is 0 Å². The highest BCUT2D eigenvalue weighted by Crippen LogP contribution is 2.37.